The summed E-state index contributed by atoms with van der Waals surface area (Å²) in [4.78, 5) is 24.0. The molecule has 0 saturated carbocycles. The SMILES string of the molecule is COC(=O)c1ccc(NC(=O)c2nnn(-c3cccc(Cl)c3C)c2C)cc1. The van der Waals surface area contributed by atoms with Crippen LogP contribution in [0, 0.1) is 13.8 Å². The summed E-state index contributed by atoms with van der Waals surface area (Å²) >= 11 is 6.16. The van der Waals surface area contributed by atoms with Gasteiger partial charge in [0.1, 0.15) is 0 Å². The van der Waals surface area contributed by atoms with Crippen molar-refractivity contribution in [3.8, 4) is 5.69 Å². The molecule has 1 aromatic heterocycles. The zero-order chi connectivity index (χ0) is 19.6. The second-order valence-electron chi connectivity index (χ2n) is 5.84. The number of rotatable bonds is 4. The Morgan fingerprint density at radius 2 is 1.81 bits per heavy atom. The highest BCUT2D eigenvalue weighted by Crippen LogP contribution is 2.23. The number of amides is 1. The lowest BCUT2D eigenvalue weighted by molar-refractivity contribution is 0.0600. The van der Waals surface area contributed by atoms with Crippen molar-refractivity contribution in [3.63, 3.8) is 0 Å². The Balaban J connectivity index is 1.83. The first-order valence-corrected chi connectivity index (χ1v) is 8.47. The number of hydrogen-bond donors (Lipinski definition) is 1. The van der Waals surface area contributed by atoms with Crippen LogP contribution in [0.5, 0.6) is 0 Å². The first kappa shape index (κ1) is 18.6. The minimum Gasteiger partial charge on any atom is -0.465 e. The summed E-state index contributed by atoms with van der Waals surface area (Å²) in [6.45, 7) is 3.64. The van der Waals surface area contributed by atoms with Crippen LogP contribution >= 0.6 is 11.6 Å². The maximum Gasteiger partial charge on any atom is 0.337 e. The van der Waals surface area contributed by atoms with Gasteiger partial charge in [-0.3, -0.25) is 4.79 Å². The van der Waals surface area contributed by atoms with Gasteiger partial charge >= 0.3 is 5.97 Å². The largest absolute Gasteiger partial charge is 0.465 e. The number of esters is 1. The van der Waals surface area contributed by atoms with Gasteiger partial charge in [-0.2, -0.15) is 0 Å². The van der Waals surface area contributed by atoms with Crippen molar-refractivity contribution < 1.29 is 14.3 Å². The van der Waals surface area contributed by atoms with E-state index >= 15 is 0 Å². The third-order valence-corrected chi connectivity index (χ3v) is 4.55. The average Bonchev–Trinajstić information content (AvgIpc) is 3.05. The Morgan fingerprint density at radius 3 is 2.48 bits per heavy atom. The number of hydrogen-bond acceptors (Lipinski definition) is 5. The molecule has 3 aromatic rings. The second kappa shape index (κ2) is 7.59. The van der Waals surface area contributed by atoms with E-state index in [1.165, 1.54) is 7.11 Å². The lowest BCUT2D eigenvalue weighted by atomic mass is 10.2. The van der Waals surface area contributed by atoms with Gasteiger partial charge in [-0.05, 0) is 55.8 Å². The van der Waals surface area contributed by atoms with Crippen LogP contribution in [0.25, 0.3) is 5.69 Å². The summed E-state index contributed by atoms with van der Waals surface area (Å²) in [6.07, 6.45) is 0. The molecular weight excluding hydrogens is 368 g/mol. The number of benzene rings is 2. The van der Waals surface area contributed by atoms with Gasteiger partial charge in [0, 0.05) is 10.7 Å². The fourth-order valence-electron chi connectivity index (χ4n) is 2.59. The highest BCUT2D eigenvalue weighted by molar-refractivity contribution is 6.31. The van der Waals surface area contributed by atoms with Gasteiger partial charge in [-0.1, -0.05) is 22.9 Å². The molecule has 1 amide bonds. The standard InChI is InChI=1S/C19H17ClN4O3/c1-11-15(20)5-4-6-16(11)24-12(2)17(22-23-24)18(25)21-14-9-7-13(8-10-14)19(26)27-3/h4-10H,1-3H3,(H,21,25). The van der Waals surface area contributed by atoms with Gasteiger partial charge in [0.15, 0.2) is 5.69 Å². The summed E-state index contributed by atoms with van der Waals surface area (Å²) in [5.74, 6) is -0.840. The normalized spacial score (nSPS) is 10.5. The summed E-state index contributed by atoms with van der Waals surface area (Å²) in [6, 6.07) is 11.8. The summed E-state index contributed by atoms with van der Waals surface area (Å²) < 4.78 is 6.23. The molecule has 0 aliphatic rings. The van der Waals surface area contributed by atoms with Gasteiger partial charge in [-0.15, -0.1) is 5.10 Å². The van der Waals surface area contributed by atoms with Crippen LogP contribution < -0.4 is 5.32 Å². The molecular formula is C19H17ClN4O3. The van der Waals surface area contributed by atoms with Gasteiger partial charge in [0.05, 0.1) is 24.1 Å². The van der Waals surface area contributed by atoms with Crippen LogP contribution in [-0.4, -0.2) is 34.0 Å². The molecule has 1 heterocycles. The van der Waals surface area contributed by atoms with Crippen LogP contribution in [0.4, 0.5) is 5.69 Å². The smallest absolute Gasteiger partial charge is 0.337 e. The molecule has 0 unspecified atom stereocenters. The number of carbonyl (C=O) groups excluding carboxylic acids is 2. The molecule has 27 heavy (non-hydrogen) atoms. The van der Waals surface area contributed by atoms with E-state index < -0.39 is 11.9 Å². The molecule has 2 aromatic carbocycles. The Kier molecular flexibility index (Phi) is 5.23. The molecule has 7 nitrogen and oxygen atoms in total. The van der Waals surface area contributed by atoms with Crippen LogP contribution in [0.3, 0.4) is 0 Å². The van der Waals surface area contributed by atoms with E-state index in [0.29, 0.717) is 22.0 Å². The molecule has 1 N–H and O–H groups in total. The Hall–Kier alpha value is -3.19. The fraction of sp³-hybridized carbons (Fsp3) is 0.158. The van der Waals surface area contributed by atoms with E-state index in [2.05, 4.69) is 20.4 Å². The van der Waals surface area contributed by atoms with Crippen molar-refractivity contribution in [3.05, 3.63) is 70.0 Å². The van der Waals surface area contributed by atoms with E-state index in [9.17, 15) is 9.59 Å². The predicted molar refractivity (Wildman–Crippen MR) is 102 cm³/mol. The highest BCUT2D eigenvalue weighted by Gasteiger charge is 2.19. The number of ether oxygens (including phenoxy) is 1. The minimum absolute atomic E-state index is 0.200. The molecule has 8 heteroatoms. The number of nitrogens with zero attached hydrogens (tertiary/aromatic N) is 3. The van der Waals surface area contributed by atoms with Crippen LogP contribution in [0.15, 0.2) is 42.5 Å². The minimum atomic E-state index is -0.441. The van der Waals surface area contributed by atoms with E-state index in [-0.39, 0.29) is 5.69 Å². The van der Waals surface area contributed by atoms with Crippen molar-refractivity contribution in [1.82, 2.24) is 15.0 Å². The highest BCUT2D eigenvalue weighted by atomic mass is 35.5. The molecule has 3 rings (SSSR count). The molecule has 0 fully saturated rings. The third kappa shape index (κ3) is 3.68. The van der Waals surface area contributed by atoms with Crippen molar-refractivity contribution >= 4 is 29.2 Å². The monoisotopic (exact) mass is 384 g/mol. The first-order valence-electron chi connectivity index (χ1n) is 8.10. The lowest BCUT2D eigenvalue weighted by Crippen LogP contribution is -2.14. The van der Waals surface area contributed by atoms with Crippen LogP contribution in [0.2, 0.25) is 5.02 Å². The summed E-state index contributed by atoms with van der Waals surface area (Å²) in [7, 11) is 1.31. The van der Waals surface area contributed by atoms with Gasteiger partial charge in [0.2, 0.25) is 0 Å². The molecule has 0 aliphatic carbocycles. The molecule has 0 bridgehead atoms. The zero-order valence-electron chi connectivity index (χ0n) is 15.0. The van der Waals surface area contributed by atoms with E-state index in [0.717, 1.165) is 11.3 Å². The van der Waals surface area contributed by atoms with E-state index in [1.54, 1.807) is 41.9 Å². The molecule has 0 spiro atoms. The topological polar surface area (TPSA) is 86.1 Å². The number of methoxy groups -OCH3 is 1. The van der Waals surface area contributed by atoms with Crippen molar-refractivity contribution in [2.45, 2.75) is 13.8 Å². The number of aromatic nitrogens is 3. The van der Waals surface area contributed by atoms with Crippen LogP contribution in [0.1, 0.15) is 32.1 Å². The van der Waals surface area contributed by atoms with E-state index in [1.807, 2.05) is 19.1 Å². The molecule has 0 atom stereocenters. The Morgan fingerprint density at radius 1 is 1.11 bits per heavy atom. The maximum absolute atomic E-state index is 12.6. The third-order valence-electron chi connectivity index (χ3n) is 4.14. The quantitative estimate of drug-likeness (QED) is 0.695. The van der Waals surface area contributed by atoms with Gasteiger partial charge in [-0.25, -0.2) is 9.48 Å². The van der Waals surface area contributed by atoms with Crippen molar-refractivity contribution in [2.24, 2.45) is 0 Å². The number of anilines is 1. The summed E-state index contributed by atoms with van der Waals surface area (Å²) in [5.41, 5.74) is 3.32. The van der Waals surface area contributed by atoms with Crippen molar-refractivity contribution in [1.29, 1.82) is 0 Å². The van der Waals surface area contributed by atoms with Crippen molar-refractivity contribution in [2.75, 3.05) is 12.4 Å². The van der Waals surface area contributed by atoms with Gasteiger partial charge < -0.3 is 10.1 Å². The predicted octanol–water partition coefficient (Wildman–Crippen LogP) is 3.58. The Bertz CT molecular complexity index is 1010. The zero-order valence-corrected chi connectivity index (χ0v) is 15.7. The number of nitrogens with one attached hydrogen (secondary N) is 1. The molecule has 0 aliphatic heterocycles. The summed E-state index contributed by atoms with van der Waals surface area (Å²) in [5, 5.41) is 11.4. The lowest BCUT2D eigenvalue weighted by Gasteiger charge is -2.09. The number of halogens is 1. The maximum atomic E-state index is 12.6. The van der Waals surface area contributed by atoms with Crippen LogP contribution in [-0.2, 0) is 4.74 Å². The van der Waals surface area contributed by atoms with Gasteiger partial charge in [0.25, 0.3) is 5.91 Å². The first-order chi connectivity index (χ1) is 12.9. The molecule has 0 saturated heterocycles. The van der Waals surface area contributed by atoms with E-state index in [4.69, 9.17) is 11.6 Å². The molecule has 138 valence electrons. The molecule has 0 radical (unpaired) electrons. The average molecular weight is 385 g/mol. The second-order valence-corrected chi connectivity index (χ2v) is 6.25. The Labute approximate surface area is 160 Å². The number of carbonyl (C=O) groups is 2. The fourth-order valence-corrected chi connectivity index (χ4v) is 2.76.